The molecule has 6 nitrogen and oxygen atoms in total. The maximum absolute atomic E-state index is 13.3. The lowest BCUT2D eigenvalue weighted by molar-refractivity contribution is 0.340. The number of methoxy groups -OCH3 is 2. The SMILES string of the molecule is COc1cccc([C@@H]2C[C@H](c3ccc(F)cc3)Nc3ncnn32)c1OC. The monoisotopic (exact) mass is 354 g/mol. The summed E-state index contributed by atoms with van der Waals surface area (Å²) < 4.78 is 26.2. The average molecular weight is 354 g/mol. The number of aromatic nitrogens is 3. The maximum Gasteiger partial charge on any atom is 0.222 e. The Labute approximate surface area is 150 Å². The van der Waals surface area contributed by atoms with Gasteiger partial charge in [0.25, 0.3) is 0 Å². The highest BCUT2D eigenvalue weighted by Crippen LogP contribution is 2.43. The molecule has 7 heteroatoms. The van der Waals surface area contributed by atoms with Gasteiger partial charge in [-0.25, -0.2) is 9.07 Å². The van der Waals surface area contributed by atoms with Gasteiger partial charge >= 0.3 is 0 Å². The van der Waals surface area contributed by atoms with E-state index in [2.05, 4.69) is 15.4 Å². The van der Waals surface area contributed by atoms with Gasteiger partial charge in [-0.15, -0.1) is 0 Å². The average Bonchev–Trinajstić information content (AvgIpc) is 3.15. The Balaban J connectivity index is 1.78. The second-order valence-electron chi connectivity index (χ2n) is 6.11. The third-order valence-corrected chi connectivity index (χ3v) is 4.70. The lowest BCUT2D eigenvalue weighted by atomic mass is 9.92. The zero-order valence-electron chi connectivity index (χ0n) is 14.5. The molecule has 0 saturated carbocycles. The third-order valence-electron chi connectivity index (χ3n) is 4.70. The maximum atomic E-state index is 13.3. The molecule has 2 heterocycles. The van der Waals surface area contributed by atoms with Crippen LogP contribution in [0, 0.1) is 5.82 Å². The molecule has 134 valence electrons. The van der Waals surface area contributed by atoms with Gasteiger partial charge in [0.05, 0.1) is 26.3 Å². The number of hydrogen-bond donors (Lipinski definition) is 1. The van der Waals surface area contributed by atoms with E-state index in [0.29, 0.717) is 23.9 Å². The summed E-state index contributed by atoms with van der Waals surface area (Å²) in [6, 6.07) is 12.2. The zero-order chi connectivity index (χ0) is 18.1. The molecule has 26 heavy (non-hydrogen) atoms. The molecule has 0 amide bonds. The van der Waals surface area contributed by atoms with Crippen molar-refractivity contribution in [2.45, 2.75) is 18.5 Å². The number of benzene rings is 2. The lowest BCUT2D eigenvalue weighted by Crippen LogP contribution is -2.28. The highest BCUT2D eigenvalue weighted by molar-refractivity contribution is 5.50. The van der Waals surface area contributed by atoms with E-state index in [9.17, 15) is 4.39 Å². The first-order valence-corrected chi connectivity index (χ1v) is 8.33. The van der Waals surface area contributed by atoms with Crippen molar-refractivity contribution in [2.75, 3.05) is 19.5 Å². The minimum atomic E-state index is -0.251. The molecule has 3 aromatic rings. The van der Waals surface area contributed by atoms with Crippen LogP contribution >= 0.6 is 0 Å². The van der Waals surface area contributed by atoms with Crippen molar-refractivity contribution >= 4 is 5.95 Å². The number of nitrogens with one attached hydrogen (secondary N) is 1. The Kier molecular flexibility index (Phi) is 4.20. The number of fused-ring (bicyclic) bond motifs is 1. The van der Waals surface area contributed by atoms with Crippen LogP contribution in [0.1, 0.15) is 29.6 Å². The molecule has 1 aliphatic heterocycles. The summed E-state index contributed by atoms with van der Waals surface area (Å²) in [5.74, 6) is 1.77. The third kappa shape index (κ3) is 2.75. The molecule has 1 aliphatic rings. The van der Waals surface area contributed by atoms with Gasteiger partial charge in [0, 0.05) is 5.56 Å². The molecule has 0 spiro atoms. The Morgan fingerprint density at radius 2 is 1.92 bits per heavy atom. The van der Waals surface area contributed by atoms with Crippen LogP contribution in [0.5, 0.6) is 11.5 Å². The summed E-state index contributed by atoms with van der Waals surface area (Å²) in [5, 5.41) is 7.75. The molecule has 0 aliphatic carbocycles. The van der Waals surface area contributed by atoms with Gasteiger partial charge in [-0.1, -0.05) is 24.3 Å². The van der Waals surface area contributed by atoms with Crippen LogP contribution in [0.3, 0.4) is 0 Å². The van der Waals surface area contributed by atoms with E-state index < -0.39 is 0 Å². The quantitative estimate of drug-likeness (QED) is 0.776. The first-order valence-electron chi connectivity index (χ1n) is 8.33. The van der Waals surface area contributed by atoms with Crippen LogP contribution in [0.15, 0.2) is 48.8 Å². The van der Waals surface area contributed by atoms with E-state index in [0.717, 1.165) is 11.1 Å². The summed E-state index contributed by atoms with van der Waals surface area (Å²) in [5.41, 5.74) is 1.96. The van der Waals surface area contributed by atoms with E-state index in [1.165, 1.54) is 18.5 Å². The predicted octanol–water partition coefficient (Wildman–Crippen LogP) is 3.58. The Morgan fingerprint density at radius 1 is 1.12 bits per heavy atom. The second-order valence-corrected chi connectivity index (χ2v) is 6.11. The van der Waals surface area contributed by atoms with Gasteiger partial charge in [0.2, 0.25) is 5.95 Å². The van der Waals surface area contributed by atoms with E-state index in [-0.39, 0.29) is 17.9 Å². The van der Waals surface area contributed by atoms with Crippen molar-refractivity contribution in [1.82, 2.24) is 14.8 Å². The second kappa shape index (κ2) is 6.67. The summed E-state index contributed by atoms with van der Waals surface area (Å²) in [4.78, 5) is 4.32. The van der Waals surface area contributed by atoms with E-state index >= 15 is 0 Å². The largest absolute Gasteiger partial charge is 0.493 e. The van der Waals surface area contributed by atoms with E-state index in [1.807, 2.05) is 22.9 Å². The molecule has 0 saturated heterocycles. The highest BCUT2D eigenvalue weighted by Gasteiger charge is 2.32. The molecule has 0 bridgehead atoms. The molecular weight excluding hydrogens is 335 g/mol. The standard InChI is InChI=1S/C19H19FN4O2/c1-25-17-5-3-4-14(18(17)26-2)16-10-15(12-6-8-13(20)9-7-12)23-19-21-11-22-24(16)19/h3-9,11,15-16H,10H2,1-2H3,(H,21,22,23)/t15-,16+/m1/s1. The fourth-order valence-electron chi connectivity index (χ4n) is 3.47. The Hall–Kier alpha value is -3.09. The van der Waals surface area contributed by atoms with Crippen molar-refractivity contribution in [2.24, 2.45) is 0 Å². The molecule has 2 atom stereocenters. The van der Waals surface area contributed by atoms with Crippen molar-refractivity contribution in [1.29, 1.82) is 0 Å². The van der Waals surface area contributed by atoms with Crippen LogP contribution in [0.4, 0.5) is 10.3 Å². The zero-order valence-corrected chi connectivity index (χ0v) is 14.5. The number of anilines is 1. The van der Waals surface area contributed by atoms with Crippen molar-refractivity contribution in [3.8, 4) is 11.5 Å². The summed E-state index contributed by atoms with van der Waals surface area (Å²) >= 11 is 0. The highest BCUT2D eigenvalue weighted by atomic mass is 19.1. The van der Waals surface area contributed by atoms with Crippen LogP contribution in [0.2, 0.25) is 0 Å². The number of nitrogens with zero attached hydrogens (tertiary/aromatic N) is 3. The van der Waals surface area contributed by atoms with Crippen LogP contribution in [-0.4, -0.2) is 29.0 Å². The molecule has 0 fully saturated rings. The minimum Gasteiger partial charge on any atom is -0.493 e. The fraction of sp³-hybridized carbons (Fsp3) is 0.263. The summed E-state index contributed by atoms with van der Waals surface area (Å²) in [6.45, 7) is 0. The molecular formula is C19H19FN4O2. The smallest absolute Gasteiger partial charge is 0.222 e. The van der Waals surface area contributed by atoms with Gasteiger partial charge in [0.1, 0.15) is 12.1 Å². The topological polar surface area (TPSA) is 61.2 Å². The molecule has 2 aromatic carbocycles. The Bertz CT molecular complexity index is 910. The van der Waals surface area contributed by atoms with Gasteiger partial charge in [-0.2, -0.15) is 10.1 Å². The van der Waals surface area contributed by atoms with Crippen molar-refractivity contribution in [3.05, 3.63) is 65.7 Å². The predicted molar refractivity (Wildman–Crippen MR) is 95.1 cm³/mol. The van der Waals surface area contributed by atoms with Gasteiger partial charge in [-0.05, 0) is 30.2 Å². The molecule has 1 aromatic heterocycles. The lowest BCUT2D eigenvalue weighted by Gasteiger charge is -2.32. The first-order chi connectivity index (χ1) is 12.7. The molecule has 1 N–H and O–H groups in total. The molecule has 0 radical (unpaired) electrons. The fourth-order valence-corrected chi connectivity index (χ4v) is 3.47. The minimum absolute atomic E-state index is 0.0202. The summed E-state index contributed by atoms with van der Waals surface area (Å²) in [6.07, 6.45) is 2.24. The van der Waals surface area contributed by atoms with E-state index in [1.54, 1.807) is 26.4 Å². The van der Waals surface area contributed by atoms with Gasteiger partial charge < -0.3 is 14.8 Å². The van der Waals surface area contributed by atoms with E-state index in [4.69, 9.17) is 9.47 Å². The van der Waals surface area contributed by atoms with Gasteiger partial charge in [0.15, 0.2) is 11.5 Å². The van der Waals surface area contributed by atoms with Crippen molar-refractivity contribution < 1.29 is 13.9 Å². The Morgan fingerprint density at radius 3 is 2.65 bits per heavy atom. The summed E-state index contributed by atoms with van der Waals surface area (Å²) in [7, 11) is 3.24. The number of ether oxygens (including phenoxy) is 2. The number of hydrogen-bond acceptors (Lipinski definition) is 5. The van der Waals surface area contributed by atoms with Crippen molar-refractivity contribution in [3.63, 3.8) is 0 Å². The molecule has 4 rings (SSSR count). The number of rotatable bonds is 4. The van der Waals surface area contributed by atoms with Crippen LogP contribution in [0.25, 0.3) is 0 Å². The molecule has 0 unspecified atom stereocenters. The first kappa shape index (κ1) is 16.4. The number of halogens is 1. The van der Waals surface area contributed by atoms with Crippen LogP contribution in [-0.2, 0) is 0 Å². The van der Waals surface area contributed by atoms with Gasteiger partial charge in [-0.3, -0.25) is 0 Å². The number of para-hydroxylation sites is 1. The van der Waals surface area contributed by atoms with Crippen LogP contribution < -0.4 is 14.8 Å². The normalized spacial score (nSPS) is 18.7.